The Morgan fingerprint density at radius 2 is 1.71 bits per heavy atom. The third-order valence-electron chi connectivity index (χ3n) is 4.89. The van der Waals surface area contributed by atoms with Gasteiger partial charge in [0.05, 0.1) is 7.11 Å². The van der Waals surface area contributed by atoms with Crippen molar-refractivity contribution < 1.29 is 4.74 Å². The molecule has 0 heterocycles. The zero-order chi connectivity index (χ0) is 16.5. The molecule has 3 aromatic rings. The second-order valence-electron chi connectivity index (χ2n) is 6.46. The molecular weight excluding hydrogens is 292 g/mol. The molecule has 0 unspecified atom stereocenters. The molecule has 1 nitrogen and oxygen atoms in total. The summed E-state index contributed by atoms with van der Waals surface area (Å²) < 4.78 is 5.60. The summed E-state index contributed by atoms with van der Waals surface area (Å²) in [5.74, 6) is 1.51. The number of rotatable bonds is 4. The number of hydrogen-bond acceptors (Lipinski definition) is 1. The van der Waals surface area contributed by atoms with E-state index in [1.54, 1.807) is 7.11 Å². The monoisotopic (exact) mass is 313 g/mol. The Hall–Kier alpha value is -2.54. The largest absolute Gasteiger partial charge is 0.495 e. The van der Waals surface area contributed by atoms with Crippen molar-refractivity contribution in [3.8, 4) is 28.0 Å². The minimum Gasteiger partial charge on any atom is -0.495 e. The first-order valence-corrected chi connectivity index (χ1v) is 8.53. The van der Waals surface area contributed by atoms with Crippen LogP contribution in [0.2, 0.25) is 0 Å². The van der Waals surface area contributed by atoms with Crippen LogP contribution >= 0.6 is 0 Å². The summed E-state index contributed by atoms with van der Waals surface area (Å²) in [5, 5.41) is 0. The summed E-state index contributed by atoms with van der Waals surface area (Å²) in [4.78, 5) is 0. The summed E-state index contributed by atoms with van der Waals surface area (Å²) in [6.45, 7) is 2.23. The van der Waals surface area contributed by atoms with Crippen molar-refractivity contribution in [1.29, 1.82) is 0 Å². The topological polar surface area (TPSA) is 9.23 Å². The molecule has 1 radical (unpaired) electrons. The SMILES string of the molecule is COc1[c]cccc1-c1c(C2CC2)ccc(-c2ccccc2)c1C. The summed E-state index contributed by atoms with van der Waals surface area (Å²) >= 11 is 0. The van der Waals surface area contributed by atoms with Crippen LogP contribution in [0, 0.1) is 13.0 Å². The van der Waals surface area contributed by atoms with Crippen LogP contribution in [0.15, 0.2) is 60.7 Å². The highest BCUT2D eigenvalue weighted by molar-refractivity contribution is 5.83. The van der Waals surface area contributed by atoms with Gasteiger partial charge in [-0.15, -0.1) is 0 Å². The number of methoxy groups -OCH3 is 1. The van der Waals surface area contributed by atoms with Crippen LogP contribution in [-0.4, -0.2) is 7.11 Å². The lowest BCUT2D eigenvalue weighted by Crippen LogP contribution is -1.97. The number of ether oxygens (including phenoxy) is 1. The molecule has 0 saturated heterocycles. The first kappa shape index (κ1) is 15.0. The van der Waals surface area contributed by atoms with E-state index in [1.807, 2.05) is 12.1 Å². The van der Waals surface area contributed by atoms with E-state index in [-0.39, 0.29) is 0 Å². The second kappa shape index (κ2) is 6.16. The molecule has 1 heteroatoms. The zero-order valence-corrected chi connectivity index (χ0v) is 14.2. The van der Waals surface area contributed by atoms with Crippen molar-refractivity contribution in [2.45, 2.75) is 25.7 Å². The van der Waals surface area contributed by atoms with E-state index in [0.717, 1.165) is 11.3 Å². The van der Waals surface area contributed by atoms with E-state index in [1.165, 1.54) is 40.7 Å². The second-order valence-corrected chi connectivity index (χ2v) is 6.46. The van der Waals surface area contributed by atoms with Gasteiger partial charge in [-0.2, -0.15) is 0 Å². The Kier molecular flexibility index (Phi) is 3.86. The fraction of sp³-hybridized carbons (Fsp3) is 0.217. The number of benzene rings is 3. The molecule has 0 N–H and O–H groups in total. The molecule has 24 heavy (non-hydrogen) atoms. The van der Waals surface area contributed by atoms with E-state index in [4.69, 9.17) is 4.74 Å². The van der Waals surface area contributed by atoms with E-state index < -0.39 is 0 Å². The Morgan fingerprint density at radius 1 is 0.917 bits per heavy atom. The quantitative estimate of drug-likeness (QED) is 0.572. The van der Waals surface area contributed by atoms with Crippen molar-refractivity contribution in [3.63, 3.8) is 0 Å². The molecule has 1 aliphatic rings. The first-order chi connectivity index (χ1) is 11.8. The van der Waals surface area contributed by atoms with Crippen LogP contribution in [-0.2, 0) is 0 Å². The van der Waals surface area contributed by atoms with Crippen molar-refractivity contribution in [2.24, 2.45) is 0 Å². The standard InChI is InChI=1S/C23H21O/c1-16-19(17-8-4-3-5-9-17)14-15-20(18-12-13-18)23(16)21-10-6-7-11-22(21)24-2/h3-10,14-15,18H,12-13H2,1-2H3. The van der Waals surface area contributed by atoms with Crippen LogP contribution in [0.25, 0.3) is 22.3 Å². The van der Waals surface area contributed by atoms with Gasteiger partial charge in [-0.1, -0.05) is 60.7 Å². The molecule has 4 rings (SSSR count). The Balaban J connectivity index is 1.97. The zero-order valence-electron chi connectivity index (χ0n) is 14.2. The van der Waals surface area contributed by atoms with Gasteiger partial charge >= 0.3 is 0 Å². The lowest BCUT2D eigenvalue weighted by atomic mass is 9.87. The average Bonchev–Trinajstić information content (AvgIpc) is 3.47. The highest BCUT2D eigenvalue weighted by Crippen LogP contribution is 2.48. The molecule has 119 valence electrons. The smallest absolute Gasteiger partial charge is 0.134 e. The molecule has 0 bridgehead atoms. The maximum atomic E-state index is 5.60. The third-order valence-corrected chi connectivity index (χ3v) is 4.89. The summed E-state index contributed by atoms with van der Waals surface area (Å²) in [6, 6.07) is 24.6. The van der Waals surface area contributed by atoms with Crippen molar-refractivity contribution in [1.82, 2.24) is 0 Å². The van der Waals surface area contributed by atoms with Crippen LogP contribution in [0.3, 0.4) is 0 Å². The van der Waals surface area contributed by atoms with Crippen molar-refractivity contribution >= 4 is 0 Å². The molecular formula is C23H21O. The summed E-state index contributed by atoms with van der Waals surface area (Å²) in [6.07, 6.45) is 2.58. The molecule has 1 saturated carbocycles. The molecule has 0 aromatic heterocycles. The summed E-state index contributed by atoms with van der Waals surface area (Å²) in [7, 11) is 1.72. The van der Waals surface area contributed by atoms with E-state index in [9.17, 15) is 0 Å². The van der Waals surface area contributed by atoms with Gasteiger partial charge in [-0.25, -0.2) is 0 Å². The summed E-state index contributed by atoms with van der Waals surface area (Å²) in [5.41, 5.74) is 7.80. The van der Waals surface area contributed by atoms with Gasteiger partial charge in [0.15, 0.2) is 0 Å². The molecule has 1 aliphatic carbocycles. The van der Waals surface area contributed by atoms with Gasteiger partial charge in [-0.3, -0.25) is 0 Å². The van der Waals surface area contributed by atoms with Gasteiger partial charge in [-0.05, 0) is 53.5 Å². The normalized spacial score (nSPS) is 13.8. The minimum absolute atomic E-state index is 0.688. The fourth-order valence-electron chi connectivity index (χ4n) is 3.54. The highest BCUT2D eigenvalue weighted by atomic mass is 16.5. The fourth-order valence-corrected chi connectivity index (χ4v) is 3.54. The number of para-hydroxylation sites is 1. The van der Waals surface area contributed by atoms with Crippen LogP contribution < -0.4 is 4.74 Å². The Morgan fingerprint density at radius 3 is 2.42 bits per heavy atom. The van der Waals surface area contributed by atoms with Gasteiger partial charge in [0.1, 0.15) is 5.75 Å². The van der Waals surface area contributed by atoms with Gasteiger partial charge in [0, 0.05) is 11.6 Å². The van der Waals surface area contributed by atoms with Gasteiger partial charge < -0.3 is 4.74 Å². The predicted octanol–water partition coefficient (Wildman–Crippen LogP) is 6.02. The van der Waals surface area contributed by atoms with Crippen molar-refractivity contribution in [2.75, 3.05) is 7.11 Å². The lowest BCUT2D eigenvalue weighted by Gasteiger charge is -2.18. The average molecular weight is 313 g/mol. The maximum Gasteiger partial charge on any atom is 0.134 e. The number of hydrogen-bond donors (Lipinski definition) is 0. The van der Waals surface area contributed by atoms with Gasteiger partial charge in [0.2, 0.25) is 0 Å². The first-order valence-electron chi connectivity index (χ1n) is 8.53. The lowest BCUT2D eigenvalue weighted by molar-refractivity contribution is 0.415. The Bertz CT molecular complexity index is 860. The van der Waals surface area contributed by atoms with Gasteiger partial charge in [0.25, 0.3) is 0 Å². The Labute approximate surface area is 143 Å². The molecule has 0 amide bonds. The molecule has 0 atom stereocenters. The maximum absolute atomic E-state index is 5.60. The van der Waals surface area contributed by atoms with Crippen LogP contribution in [0.1, 0.15) is 29.9 Å². The van der Waals surface area contributed by atoms with E-state index >= 15 is 0 Å². The third kappa shape index (κ3) is 2.60. The van der Waals surface area contributed by atoms with E-state index in [0.29, 0.717) is 5.92 Å². The molecule has 0 aliphatic heterocycles. The molecule has 0 spiro atoms. The minimum atomic E-state index is 0.688. The van der Waals surface area contributed by atoms with Crippen LogP contribution in [0.4, 0.5) is 0 Å². The molecule has 3 aromatic carbocycles. The molecule has 1 fully saturated rings. The van der Waals surface area contributed by atoms with E-state index in [2.05, 4.69) is 61.5 Å². The van der Waals surface area contributed by atoms with Crippen molar-refractivity contribution in [3.05, 3.63) is 77.9 Å². The predicted molar refractivity (Wildman–Crippen MR) is 99.4 cm³/mol. The van der Waals surface area contributed by atoms with Crippen LogP contribution in [0.5, 0.6) is 5.75 Å². The highest BCUT2D eigenvalue weighted by Gasteiger charge is 2.28.